The highest BCUT2D eigenvalue weighted by Crippen LogP contribution is 2.04. The highest BCUT2D eigenvalue weighted by Gasteiger charge is 2.22. The minimum Gasteiger partial charge on any atom is -0.371 e. The minimum absolute atomic E-state index is 0.0991. The molecular weight excluding hydrogens is 240 g/mol. The molecule has 0 spiro atoms. The van der Waals surface area contributed by atoms with Crippen molar-refractivity contribution in [2.24, 2.45) is 0 Å². The van der Waals surface area contributed by atoms with Gasteiger partial charge in [-0.2, -0.15) is 0 Å². The summed E-state index contributed by atoms with van der Waals surface area (Å²) in [4.78, 5) is 13.9. The average Bonchev–Trinajstić information content (AvgIpc) is 2.45. The van der Waals surface area contributed by atoms with Crippen LogP contribution in [0.2, 0.25) is 0 Å². The van der Waals surface area contributed by atoms with Gasteiger partial charge in [0.25, 0.3) is 0 Å². The highest BCUT2D eigenvalue weighted by molar-refractivity contribution is 5.77. The quantitative estimate of drug-likeness (QED) is 0.807. The van der Waals surface area contributed by atoms with Crippen molar-refractivity contribution < 1.29 is 9.53 Å². The Morgan fingerprint density at radius 2 is 2.21 bits per heavy atom. The summed E-state index contributed by atoms with van der Waals surface area (Å²) in [5.74, 6) is 0.0991. The average molecular weight is 262 g/mol. The van der Waals surface area contributed by atoms with E-state index in [-0.39, 0.29) is 18.6 Å². The number of carbonyl (C=O) groups is 1. The molecule has 1 aromatic rings. The van der Waals surface area contributed by atoms with Gasteiger partial charge in [-0.25, -0.2) is 0 Å². The van der Waals surface area contributed by atoms with Crippen molar-refractivity contribution in [2.75, 3.05) is 32.8 Å². The molecular formula is C15H22N2O2. The van der Waals surface area contributed by atoms with Gasteiger partial charge in [0.1, 0.15) is 6.61 Å². The Hall–Kier alpha value is -1.39. The number of benzene rings is 1. The van der Waals surface area contributed by atoms with E-state index < -0.39 is 0 Å². The fourth-order valence-corrected chi connectivity index (χ4v) is 2.29. The normalized spacial score (nSPS) is 19.4. The number of carbonyl (C=O) groups excluding carboxylic acids is 1. The van der Waals surface area contributed by atoms with E-state index in [2.05, 4.69) is 24.4 Å². The van der Waals surface area contributed by atoms with Crippen molar-refractivity contribution in [1.29, 1.82) is 0 Å². The molecule has 1 aliphatic rings. The number of rotatable bonds is 5. The molecule has 1 N–H and O–H groups in total. The van der Waals surface area contributed by atoms with E-state index in [0.717, 1.165) is 26.1 Å². The predicted molar refractivity (Wildman–Crippen MR) is 75.0 cm³/mol. The first-order chi connectivity index (χ1) is 9.27. The smallest absolute Gasteiger partial charge is 0.248 e. The van der Waals surface area contributed by atoms with Gasteiger partial charge in [0, 0.05) is 25.7 Å². The molecule has 1 saturated heterocycles. The minimum atomic E-state index is 0.0991. The van der Waals surface area contributed by atoms with E-state index in [1.807, 2.05) is 23.1 Å². The first-order valence-corrected chi connectivity index (χ1v) is 6.89. The van der Waals surface area contributed by atoms with Gasteiger partial charge in [-0.05, 0) is 18.9 Å². The van der Waals surface area contributed by atoms with E-state index in [1.54, 1.807) is 0 Å². The van der Waals surface area contributed by atoms with E-state index in [0.29, 0.717) is 6.61 Å². The second kappa shape index (κ2) is 7.26. The Bertz CT molecular complexity index is 394. The van der Waals surface area contributed by atoms with Gasteiger partial charge in [0.05, 0.1) is 6.61 Å². The molecule has 0 radical (unpaired) electrons. The maximum absolute atomic E-state index is 12.0. The molecule has 1 fully saturated rings. The zero-order valence-electron chi connectivity index (χ0n) is 11.5. The van der Waals surface area contributed by atoms with Gasteiger partial charge in [-0.3, -0.25) is 4.79 Å². The van der Waals surface area contributed by atoms with Crippen LogP contribution in [0.4, 0.5) is 0 Å². The Balaban J connectivity index is 1.66. The predicted octanol–water partition coefficient (Wildman–Crippen LogP) is 1.07. The van der Waals surface area contributed by atoms with Crippen LogP contribution in [0.15, 0.2) is 30.3 Å². The number of piperazine rings is 1. The Labute approximate surface area is 114 Å². The van der Waals surface area contributed by atoms with Crippen LogP contribution in [0.25, 0.3) is 0 Å². The molecule has 1 heterocycles. The summed E-state index contributed by atoms with van der Waals surface area (Å²) in [5.41, 5.74) is 1.24. The summed E-state index contributed by atoms with van der Waals surface area (Å²) in [6.07, 6.45) is 0.852. The highest BCUT2D eigenvalue weighted by atomic mass is 16.5. The number of nitrogens with zero attached hydrogens (tertiary/aromatic N) is 1. The molecule has 0 bridgehead atoms. The molecule has 1 amide bonds. The molecule has 0 unspecified atom stereocenters. The van der Waals surface area contributed by atoms with E-state index in [9.17, 15) is 4.79 Å². The van der Waals surface area contributed by atoms with Crippen molar-refractivity contribution in [1.82, 2.24) is 10.2 Å². The Kier molecular flexibility index (Phi) is 5.36. The first-order valence-electron chi connectivity index (χ1n) is 6.89. The zero-order chi connectivity index (χ0) is 13.5. The molecule has 4 heteroatoms. The summed E-state index contributed by atoms with van der Waals surface area (Å²) in [5, 5.41) is 3.27. The fraction of sp³-hybridized carbons (Fsp3) is 0.533. The largest absolute Gasteiger partial charge is 0.371 e. The molecule has 0 aromatic heterocycles. The number of amides is 1. The lowest BCUT2D eigenvalue weighted by atomic mass is 10.2. The third kappa shape index (κ3) is 4.33. The van der Waals surface area contributed by atoms with E-state index in [4.69, 9.17) is 4.74 Å². The van der Waals surface area contributed by atoms with Crippen molar-refractivity contribution in [3.05, 3.63) is 35.9 Å². The number of ether oxygens (including phenoxy) is 1. The second-order valence-corrected chi connectivity index (χ2v) is 4.93. The molecule has 2 rings (SSSR count). The monoisotopic (exact) mass is 262 g/mol. The lowest BCUT2D eigenvalue weighted by Gasteiger charge is -2.33. The van der Waals surface area contributed by atoms with Crippen molar-refractivity contribution >= 4 is 5.91 Å². The maximum Gasteiger partial charge on any atom is 0.248 e. The molecule has 1 atom stereocenters. The SMILES string of the molecule is C[C@H]1CNCCN1C(=O)COCCc1ccccc1. The third-order valence-electron chi connectivity index (χ3n) is 3.43. The van der Waals surface area contributed by atoms with Crippen LogP contribution >= 0.6 is 0 Å². The lowest BCUT2D eigenvalue weighted by molar-refractivity contribution is -0.138. The van der Waals surface area contributed by atoms with Crippen molar-refractivity contribution in [2.45, 2.75) is 19.4 Å². The summed E-state index contributed by atoms with van der Waals surface area (Å²) in [6, 6.07) is 10.4. The molecule has 0 saturated carbocycles. The first kappa shape index (κ1) is 14.0. The number of nitrogens with one attached hydrogen (secondary N) is 1. The third-order valence-corrected chi connectivity index (χ3v) is 3.43. The lowest BCUT2D eigenvalue weighted by Crippen LogP contribution is -2.53. The standard InChI is InChI=1S/C15H22N2O2/c1-13-11-16-8-9-17(13)15(18)12-19-10-7-14-5-3-2-4-6-14/h2-6,13,16H,7-12H2,1H3/t13-/m0/s1. The maximum atomic E-state index is 12.0. The summed E-state index contributed by atoms with van der Waals surface area (Å²) in [7, 11) is 0. The van der Waals surface area contributed by atoms with Gasteiger partial charge >= 0.3 is 0 Å². The van der Waals surface area contributed by atoms with Crippen molar-refractivity contribution in [3.8, 4) is 0 Å². The topological polar surface area (TPSA) is 41.6 Å². The van der Waals surface area contributed by atoms with Crippen molar-refractivity contribution in [3.63, 3.8) is 0 Å². The van der Waals surface area contributed by atoms with Gasteiger partial charge in [-0.1, -0.05) is 30.3 Å². The van der Waals surface area contributed by atoms with Gasteiger partial charge < -0.3 is 15.0 Å². The molecule has 104 valence electrons. The zero-order valence-corrected chi connectivity index (χ0v) is 11.5. The van der Waals surface area contributed by atoms with Crippen LogP contribution in [0.3, 0.4) is 0 Å². The van der Waals surface area contributed by atoms with Crippen LogP contribution in [0.5, 0.6) is 0 Å². The summed E-state index contributed by atoms with van der Waals surface area (Å²) >= 11 is 0. The number of hydrogen-bond donors (Lipinski definition) is 1. The van der Waals surface area contributed by atoms with Crippen LogP contribution < -0.4 is 5.32 Å². The molecule has 4 nitrogen and oxygen atoms in total. The number of hydrogen-bond acceptors (Lipinski definition) is 3. The van der Waals surface area contributed by atoms with Crippen LogP contribution in [0, 0.1) is 0 Å². The molecule has 1 aromatic carbocycles. The van der Waals surface area contributed by atoms with Gasteiger partial charge in [0.2, 0.25) is 5.91 Å². The van der Waals surface area contributed by atoms with Crippen LogP contribution in [-0.4, -0.2) is 49.7 Å². The second-order valence-electron chi connectivity index (χ2n) is 4.93. The van der Waals surface area contributed by atoms with Gasteiger partial charge in [-0.15, -0.1) is 0 Å². The van der Waals surface area contributed by atoms with E-state index in [1.165, 1.54) is 5.56 Å². The van der Waals surface area contributed by atoms with E-state index >= 15 is 0 Å². The Morgan fingerprint density at radius 1 is 1.42 bits per heavy atom. The van der Waals surface area contributed by atoms with Gasteiger partial charge in [0.15, 0.2) is 0 Å². The molecule has 1 aliphatic heterocycles. The molecule has 19 heavy (non-hydrogen) atoms. The summed E-state index contributed by atoms with van der Waals surface area (Å²) < 4.78 is 5.49. The summed E-state index contributed by atoms with van der Waals surface area (Å²) in [6.45, 7) is 5.37. The van der Waals surface area contributed by atoms with Crippen LogP contribution in [0.1, 0.15) is 12.5 Å². The van der Waals surface area contributed by atoms with Crippen LogP contribution in [-0.2, 0) is 16.0 Å². The fourth-order valence-electron chi connectivity index (χ4n) is 2.29. The Morgan fingerprint density at radius 3 is 2.95 bits per heavy atom. The molecule has 0 aliphatic carbocycles.